The Bertz CT molecular complexity index is 703. The number of alkyl halides is 3. The molecule has 2 rings (SSSR count). The van der Waals surface area contributed by atoms with Crippen molar-refractivity contribution in [2.75, 3.05) is 5.32 Å². The molecule has 7 heteroatoms. The molecule has 1 aromatic heterocycles. The zero-order valence-electron chi connectivity index (χ0n) is 13.8. The second-order valence-corrected chi connectivity index (χ2v) is 5.89. The lowest BCUT2D eigenvalue weighted by atomic mass is 10.1. The van der Waals surface area contributed by atoms with Crippen molar-refractivity contribution in [3.8, 4) is 11.3 Å². The van der Waals surface area contributed by atoms with Crippen LogP contribution in [0.5, 0.6) is 0 Å². The number of hydrogen-bond donors (Lipinski definition) is 2. The lowest BCUT2D eigenvalue weighted by Gasteiger charge is -2.11. The number of H-pyrrole nitrogens is 1. The molecule has 0 aliphatic carbocycles. The van der Waals surface area contributed by atoms with Crippen LogP contribution in [-0.2, 0) is 17.4 Å². The van der Waals surface area contributed by atoms with Crippen molar-refractivity contribution in [3.05, 3.63) is 35.5 Å². The summed E-state index contributed by atoms with van der Waals surface area (Å²) in [6, 6.07) is 4.74. The second kappa shape index (κ2) is 7.07. The van der Waals surface area contributed by atoms with Crippen molar-refractivity contribution in [2.45, 2.75) is 39.8 Å². The van der Waals surface area contributed by atoms with Gasteiger partial charge in [0, 0.05) is 11.5 Å². The predicted molar refractivity (Wildman–Crippen MR) is 86.5 cm³/mol. The number of rotatable bonds is 5. The summed E-state index contributed by atoms with van der Waals surface area (Å²) in [5.41, 5.74) is 1.54. The molecule has 0 fully saturated rings. The largest absolute Gasteiger partial charge is 0.416 e. The molecule has 0 radical (unpaired) electrons. The molecular weight excluding hydrogens is 319 g/mol. The minimum atomic E-state index is -4.38. The van der Waals surface area contributed by atoms with Gasteiger partial charge in [0.05, 0.1) is 16.9 Å². The van der Waals surface area contributed by atoms with Gasteiger partial charge in [0.25, 0.3) is 0 Å². The summed E-state index contributed by atoms with van der Waals surface area (Å²) in [7, 11) is 0. The summed E-state index contributed by atoms with van der Waals surface area (Å²) >= 11 is 0. The quantitative estimate of drug-likeness (QED) is 0.833. The van der Waals surface area contributed by atoms with E-state index in [4.69, 9.17) is 0 Å². The minimum absolute atomic E-state index is 0.165. The van der Waals surface area contributed by atoms with E-state index in [0.717, 1.165) is 24.2 Å². The van der Waals surface area contributed by atoms with Gasteiger partial charge in [-0.25, -0.2) is 0 Å². The van der Waals surface area contributed by atoms with Gasteiger partial charge in [-0.2, -0.15) is 18.3 Å². The number of carbonyl (C=O) groups is 1. The SMILES string of the molecule is CCCc1[nH]nc(-c2ccc(C(F)(F)F)cc2)c1NC(=O)C(C)C. The number of hydrogen-bond acceptors (Lipinski definition) is 2. The van der Waals surface area contributed by atoms with E-state index >= 15 is 0 Å². The van der Waals surface area contributed by atoms with E-state index in [9.17, 15) is 18.0 Å². The average Bonchev–Trinajstić information content (AvgIpc) is 2.89. The van der Waals surface area contributed by atoms with Gasteiger partial charge < -0.3 is 5.32 Å². The molecule has 0 aliphatic heterocycles. The van der Waals surface area contributed by atoms with Gasteiger partial charge in [0.15, 0.2) is 0 Å². The maximum absolute atomic E-state index is 12.7. The highest BCUT2D eigenvalue weighted by Gasteiger charge is 2.30. The fourth-order valence-corrected chi connectivity index (χ4v) is 2.24. The highest BCUT2D eigenvalue weighted by atomic mass is 19.4. The van der Waals surface area contributed by atoms with E-state index in [1.807, 2.05) is 6.92 Å². The molecule has 0 saturated carbocycles. The van der Waals surface area contributed by atoms with Crippen LogP contribution in [0, 0.1) is 5.92 Å². The van der Waals surface area contributed by atoms with Crippen molar-refractivity contribution in [2.24, 2.45) is 5.92 Å². The number of halogens is 3. The van der Waals surface area contributed by atoms with E-state index < -0.39 is 11.7 Å². The van der Waals surface area contributed by atoms with Crippen LogP contribution in [0.1, 0.15) is 38.4 Å². The zero-order chi connectivity index (χ0) is 17.9. The van der Waals surface area contributed by atoms with Crippen LogP contribution in [-0.4, -0.2) is 16.1 Å². The molecule has 0 aliphatic rings. The van der Waals surface area contributed by atoms with Crippen molar-refractivity contribution in [1.29, 1.82) is 0 Å². The van der Waals surface area contributed by atoms with E-state index in [2.05, 4.69) is 15.5 Å². The summed E-state index contributed by atoms with van der Waals surface area (Å²) in [5.74, 6) is -0.378. The fraction of sp³-hybridized carbons (Fsp3) is 0.412. The normalized spacial score (nSPS) is 11.8. The molecular formula is C17H20F3N3O. The van der Waals surface area contributed by atoms with E-state index in [1.54, 1.807) is 13.8 Å². The topological polar surface area (TPSA) is 57.8 Å². The van der Waals surface area contributed by atoms with Gasteiger partial charge in [0.1, 0.15) is 5.69 Å². The Kier molecular flexibility index (Phi) is 5.31. The molecule has 2 aromatic rings. The number of anilines is 1. The lowest BCUT2D eigenvalue weighted by molar-refractivity contribution is -0.137. The molecule has 1 heterocycles. The van der Waals surface area contributed by atoms with Crippen molar-refractivity contribution in [3.63, 3.8) is 0 Å². The molecule has 1 amide bonds. The number of amides is 1. The van der Waals surface area contributed by atoms with Crippen LogP contribution < -0.4 is 5.32 Å². The molecule has 0 bridgehead atoms. The number of aryl methyl sites for hydroxylation is 1. The van der Waals surface area contributed by atoms with Crippen LogP contribution in [0.4, 0.5) is 18.9 Å². The fourth-order valence-electron chi connectivity index (χ4n) is 2.24. The summed E-state index contributed by atoms with van der Waals surface area (Å²) in [6.45, 7) is 5.53. The second-order valence-electron chi connectivity index (χ2n) is 5.89. The van der Waals surface area contributed by atoms with Crippen LogP contribution in [0.15, 0.2) is 24.3 Å². The monoisotopic (exact) mass is 339 g/mol. The molecule has 24 heavy (non-hydrogen) atoms. The van der Waals surface area contributed by atoms with Crippen LogP contribution >= 0.6 is 0 Å². The number of nitrogens with zero attached hydrogens (tertiary/aromatic N) is 1. The van der Waals surface area contributed by atoms with Crippen molar-refractivity contribution >= 4 is 11.6 Å². The molecule has 0 spiro atoms. The Labute approximate surface area is 138 Å². The van der Waals surface area contributed by atoms with Crippen LogP contribution in [0.3, 0.4) is 0 Å². The third-order valence-corrected chi connectivity index (χ3v) is 3.60. The van der Waals surface area contributed by atoms with E-state index in [1.165, 1.54) is 12.1 Å². The Hall–Kier alpha value is -2.31. The zero-order valence-corrected chi connectivity index (χ0v) is 13.8. The van der Waals surface area contributed by atoms with E-state index in [0.29, 0.717) is 23.4 Å². The first kappa shape index (κ1) is 18.0. The molecule has 130 valence electrons. The van der Waals surface area contributed by atoms with Gasteiger partial charge in [-0.3, -0.25) is 9.89 Å². The third-order valence-electron chi connectivity index (χ3n) is 3.60. The van der Waals surface area contributed by atoms with Gasteiger partial charge in [-0.05, 0) is 18.6 Å². The maximum atomic E-state index is 12.7. The average molecular weight is 339 g/mol. The summed E-state index contributed by atoms with van der Waals surface area (Å²) in [4.78, 5) is 12.0. The standard InChI is InChI=1S/C17H20F3N3O/c1-4-5-13-15(21-16(24)10(2)3)14(23-22-13)11-6-8-12(9-7-11)17(18,19)20/h6-10H,4-5H2,1-3H3,(H,21,24)(H,22,23). The van der Waals surface area contributed by atoms with Crippen LogP contribution in [0.25, 0.3) is 11.3 Å². The van der Waals surface area contributed by atoms with Crippen molar-refractivity contribution in [1.82, 2.24) is 10.2 Å². The lowest BCUT2D eigenvalue weighted by Crippen LogP contribution is -2.18. The van der Waals surface area contributed by atoms with E-state index in [-0.39, 0.29) is 11.8 Å². The first-order valence-corrected chi connectivity index (χ1v) is 7.79. The highest BCUT2D eigenvalue weighted by Crippen LogP contribution is 2.33. The highest BCUT2D eigenvalue weighted by molar-refractivity contribution is 5.96. The summed E-state index contributed by atoms with van der Waals surface area (Å²) in [6.07, 6.45) is -2.85. The third kappa shape index (κ3) is 3.96. The molecule has 1 aromatic carbocycles. The number of nitrogens with one attached hydrogen (secondary N) is 2. The Balaban J connectivity index is 2.40. The Morgan fingerprint density at radius 1 is 1.25 bits per heavy atom. The Morgan fingerprint density at radius 3 is 2.38 bits per heavy atom. The molecule has 0 saturated heterocycles. The first-order valence-electron chi connectivity index (χ1n) is 7.79. The van der Waals surface area contributed by atoms with Gasteiger partial charge in [-0.1, -0.05) is 39.3 Å². The smallest absolute Gasteiger partial charge is 0.322 e. The summed E-state index contributed by atoms with van der Waals surface area (Å²) in [5, 5.41) is 9.90. The molecule has 4 nitrogen and oxygen atoms in total. The number of benzene rings is 1. The molecule has 2 N–H and O–H groups in total. The summed E-state index contributed by atoms with van der Waals surface area (Å²) < 4.78 is 38.1. The molecule has 0 atom stereocenters. The van der Waals surface area contributed by atoms with Crippen LogP contribution in [0.2, 0.25) is 0 Å². The minimum Gasteiger partial charge on any atom is -0.322 e. The number of aromatic amines is 1. The number of aromatic nitrogens is 2. The van der Waals surface area contributed by atoms with Gasteiger partial charge >= 0.3 is 6.18 Å². The first-order chi connectivity index (χ1) is 11.2. The van der Waals surface area contributed by atoms with Gasteiger partial charge in [0.2, 0.25) is 5.91 Å². The van der Waals surface area contributed by atoms with Gasteiger partial charge in [-0.15, -0.1) is 0 Å². The van der Waals surface area contributed by atoms with Crippen molar-refractivity contribution < 1.29 is 18.0 Å². The Morgan fingerprint density at radius 2 is 1.88 bits per heavy atom. The number of carbonyl (C=O) groups excluding carboxylic acids is 1. The predicted octanol–water partition coefficient (Wildman–Crippen LogP) is 4.64. The maximum Gasteiger partial charge on any atom is 0.416 e. The molecule has 0 unspecified atom stereocenters.